The van der Waals surface area contributed by atoms with Gasteiger partial charge in [0.25, 0.3) is 11.4 Å². The molecule has 0 spiro atoms. The Labute approximate surface area is 226 Å². The molecular formula is C20H9F14N5O4. The summed E-state index contributed by atoms with van der Waals surface area (Å²) in [6.07, 6.45) is -14.6. The number of para-hydroxylation sites is 4. The highest BCUT2D eigenvalue weighted by Gasteiger charge is 2.77. The van der Waals surface area contributed by atoms with Crippen LogP contribution in [0.1, 0.15) is 0 Å². The molecule has 0 radical (unpaired) electrons. The molecule has 9 nitrogen and oxygen atoms in total. The summed E-state index contributed by atoms with van der Waals surface area (Å²) in [7, 11) is 0. The fourth-order valence-corrected chi connectivity index (χ4v) is 2.79. The fourth-order valence-electron chi connectivity index (χ4n) is 2.79. The number of alkyl halides is 14. The van der Waals surface area contributed by atoms with Crippen molar-refractivity contribution >= 4 is 34.4 Å². The molecule has 43 heavy (non-hydrogen) atoms. The Hall–Kier alpha value is -4.60. The van der Waals surface area contributed by atoms with E-state index in [1.807, 2.05) is 4.99 Å². The highest BCUT2D eigenvalue weighted by molar-refractivity contribution is 6.11. The summed E-state index contributed by atoms with van der Waals surface area (Å²) in [6, 6.07) is 4.11. The smallest absolute Gasteiger partial charge is 0.333 e. The number of halogens is 14. The van der Waals surface area contributed by atoms with Crippen molar-refractivity contribution in [3.05, 3.63) is 68.8 Å². The van der Waals surface area contributed by atoms with Crippen molar-refractivity contribution in [1.29, 1.82) is 0 Å². The SMILES string of the molecule is O=[N+]([O-])c1ccccc1N=C(N=C(Nc1ccccc1[N+](=O)[O-])C(F)(F)C(F)(F)C(F)(F)F)C(F)(F)C(F)(F)C(F)(F)F. The molecule has 236 valence electrons. The first-order chi connectivity index (χ1) is 19.3. The molecule has 2 aromatic rings. The summed E-state index contributed by atoms with van der Waals surface area (Å²) in [5.41, 5.74) is -6.12. The maximum Gasteiger partial charge on any atom is 0.460 e. The van der Waals surface area contributed by atoms with E-state index in [4.69, 9.17) is 0 Å². The summed E-state index contributed by atoms with van der Waals surface area (Å²) < 4.78 is 192. The van der Waals surface area contributed by atoms with Crippen molar-refractivity contribution in [2.75, 3.05) is 5.32 Å². The van der Waals surface area contributed by atoms with E-state index in [0.717, 1.165) is 17.4 Å². The number of amidine groups is 2. The second-order valence-electron chi connectivity index (χ2n) is 7.83. The molecule has 0 bridgehead atoms. The van der Waals surface area contributed by atoms with Gasteiger partial charge in [0.2, 0.25) is 5.84 Å². The van der Waals surface area contributed by atoms with Crippen LogP contribution in [0.4, 0.5) is 84.2 Å². The van der Waals surface area contributed by atoms with Gasteiger partial charge in [-0.25, -0.2) is 9.98 Å². The first-order valence-corrected chi connectivity index (χ1v) is 10.4. The summed E-state index contributed by atoms with van der Waals surface area (Å²) in [4.78, 5) is 23.5. The molecular weight excluding hydrogens is 640 g/mol. The van der Waals surface area contributed by atoms with Gasteiger partial charge in [-0.1, -0.05) is 24.3 Å². The molecule has 0 aliphatic carbocycles. The highest BCUT2D eigenvalue weighted by Crippen LogP contribution is 2.50. The van der Waals surface area contributed by atoms with Crippen LogP contribution in [0.25, 0.3) is 0 Å². The summed E-state index contributed by atoms with van der Waals surface area (Å²) in [5.74, 6) is -35.9. The second kappa shape index (κ2) is 11.2. The number of benzene rings is 2. The molecule has 0 saturated heterocycles. The number of nitro groups is 2. The quantitative estimate of drug-likeness (QED) is 0.103. The largest absolute Gasteiger partial charge is 0.460 e. The number of aliphatic imine (C=N–C) groups is 2. The predicted molar refractivity (Wildman–Crippen MR) is 116 cm³/mol. The van der Waals surface area contributed by atoms with Gasteiger partial charge in [0.1, 0.15) is 11.4 Å². The van der Waals surface area contributed by atoms with Gasteiger partial charge in [0.05, 0.1) is 9.85 Å². The van der Waals surface area contributed by atoms with E-state index in [1.54, 1.807) is 0 Å². The van der Waals surface area contributed by atoms with Crippen molar-refractivity contribution in [2.45, 2.75) is 36.0 Å². The minimum absolute atomic E-state index is 0.243. The Morgan fingerprint density at radius 1 is 0.628 bits per heavy atom. The molecule has 0 amide bonds. The average molecular weight is 649 g/mol. The van der Waals surface area contributed by atoms with E-state index < -0.39 is 80.3 Å². The van der Waals surface area contributed by atoms with Crippen molar-refractivity contribution in [1.82, 2.24) is 0 Å². The van der Waals surface area contributed by atoms with Crippen LogP contribution in [-0.2, 0) is 0 Å². The van der Waals surface area contributed by atoms with Crippen LogP contribution < -0.4 is 5.32 Å². The van der Waals surface area contributed by atoms with Crippen LogP contribution in [0.2, 0.25) is 0 Å². The van der Waals surface area contributed by atoms with Gasteiger partial charge in [0.15, 0.2) is 5.84 Å². The van der Waals surface area contributed by atoms with Gasteiger partial charge in [-0.3, -0.25) is 20.2 Å². The number of hydrogen-bond acceptors (Lipinski definition) is 5. The van der Waals surface area contributed by atoms with Gasteiger partial charge in [0, 0.05) is 12.1 Å². The summed E-state index contributed by atoms with van der Waals surface area (Å²) in [6.45, 7) is 0. The average Bonchev–Trinajstić information content (AvgIpc) is 2.86. The molecule has 0 aliphatic rings. The molecule has 0 atom stereocenters. The van der Waals surface area contributed by atoms with Crippen molar-refractivity contribution in [3.8, 4) is 0 Å². The second-order valence-corrected chi connectivity index (χ2v) is 7.83. The van der Waals surface area contributed by atoms with Gasteiger partial charge < -0.3 is 5.32 Å². The lowest BCUT2D eigenvalue weighted by Crippen LogP contribution is -2.59. The van der Waals surface area contributed by atoms with Gasteiger partial charge in [-0.15, -0.1) is 0 Å². The van der Waals surface area contributed by atoms with Crippen molar-refractivity contribution < 1.29 is 71.3 Å². The van der Waals surface area contributed by atoms with E-state index >= 15 is 0 Å². The molecule has 0 fully saturated rings. The van der Waals surface area contributed by atoms with Crippen molar-refractivity contribution in [3.63, 3.8) is 0 Å². The summed E-state index contributed by atoms with van der Waals surface area (Å²) >= 11 is 0. The Balaban J connectivity index is 3.12. The minimum atomic E-state index is -7.39. The normalized spacial score (nSPS) is 14.5. The number of anilines is 1. The van der Waals surface area contributed by atoms with E-state index in [1.165, 1.54) is 0 Å². The molecule has 1 N–H and O–H groups in total. The van der Waals surface area contributed by atoms with Crippen LogP contribution in [0.5, 0.6) is 0 Å². The van der Waals surface area contributed by atoms with Crippen LogP contribution in [0.3, 0.4) is 0 Å². The van der Waals surface area contributed by atoms with E-state index in [2.05, 4.69) is 4.99 Å². The zero-order valence-electron chi connectivity index (χ0n) is 19.8. The first-order valence-electron chi connectivity index (χ1n) is 10.4. The third-order valence-corrected chi connectivity index (χ3v) is 4.96. The van der Waals surface area contributed by atoms with Crippen LogP contribution in [-0.4, -0.2) is 57.6 Å². The molecule has 0 aromatic heterocycles. The van der Waals surface area contributed by atoms with Gasteiger partial charge in [-0.05, 0) is 12.1 Å². The molecule has 0 saturated carbocycles. The molecule has 0 unspecified atom stereocenters. The molecule has 23 heteroatoms. The number of hydrogen-bond donors (Lipinski definition) is 1. The highest BCUT2D eigenvalue weighted by atomic mass is 19.4. The fraction of sp³-hybridized carbons (Fsp3) is 0.300. The van der Waals surface area contributed by atoms with Crippen LogP contribution in [0.15, 0.2) is 58.5 Å². The predicted octanol–water partition coefficient (Wildman–Crippen LogP) is 7.71. The Bertz CT molecular complexity index is 1450. The minimum Gasteiger partial charge on any atom is -0.333 e. The van der Waals surface area contributed by atoms with E-state index in [0.29, 0.717) is 24.3 Å². The molecule has 2 rings (SSSR count). The van der Waals surface area contributed by atoms with Crippen molar-refractivity contribution in [2.24, 2.45) is 9.98 Å². The van der Waals surface area contributed by atoms with Crippen LogP contribution in [0, 0.1) is 20.2 Å². The maximum atomic E-state index is 14.8. The standard InChI is InChI=1S/C20H9F14N5O4/c21-15(22,17(25,26)19(29,30)31)13(35-9-5-1-3-7-11(9)38(40)41)37-14(16(23,24)18(27,28)20(32,33)34)36-10-6-2-4-8-12(10)39(42)43/h1-8H,(H,35,36,37). The summed E-state index contributed by atoms with van der Waals surface area (Å²) in [5, 5.41) is 23.1. The zero-order valence-corrected chi connectivity index (χ0v) is 19.8. The third kappa shape index (κ3) is 6.43. The van der Waals surface area contributed by atoms with E-state index in [-0.39, 0.29) is 12.1 Å². The van der Waals surface area contributed by atoms with Gasteiger partial charge in [-0.2, -0.15) is 61.5 Å². The Morgan fingerprint density at radius 3 is 1.51 bits per heavy atom. The monoisotopic (exact) mass is 649 g/mol. The number of nitro benzene ring substituents is 2. The maximum absolute atomic E-state index is 14.8. The van der Waals surface area contributed by atoms with Gasteiger partial charge >= 0.3 is 36.0 Å². The molecule has 2 aromatic carbocycles. The van der Waals surface area contributed by atoms with E-state index in [9.17, 15) is 81.7 Å². The Kier molecular flexibility index (Phi) is 9.04. The topological polar surface area (TPSA) is 123 Å². The molecule has 0 heterocycles. The lowest BCUT2D eigenvalue weighted by molar-refractivity contribution is -0.384. The van der Waals surface area contributed by atoms with Crippen LogP contribution >= 0.6 is 0 Å². The molecule has 0 aliphatic heterocycles. The number of nitrogens with one attached hydrogen (secondary N) is 1. The third-order valence-electron chi connectivity index (χ3n) is 4.96. The lowest BCUT2D eigenvalue weighted by Gasteiger charge is -2.31. The zero-order chi connectivity index (χ0) is 33.4. The lowest BCUT2D eigenvalue weighted by atomic mass is 10.1. The first kappa shape index (κ1) is 34.6. The number of nitrogens with zero attached hydrogens (tertiary/aromatic N) is 4. The Morgan fingerprint density at radius 2 is 1.05 bits per heavy atom. The number of rotatable bonds is 8.